The van der Waals surface area contributed by atoms with Crippen LogP contribution in [0.15, 0.2) is 72.1 Å². The summed E-state index contributed by atoms with van der Waals surface area (Å²) in [7, 11) is 0. The highest BCUT2D eigenvalue weighted by Gasteiger charge is 2.32. The van der Waals surface area contributed by atoms with Gasteiger partial charge in [-0.3, -0.25) is 4.90 Å². The summed E-state index contributed by atoms with van der Waals surface area (Å²) in [5.41, 5.74) is 1.82. The van der Waals surface area contributed by atoms with Gasteiger partial charge in [0.25, 0.3) is 0 Å². The maximum atomic E-state index is 14.9. The van der Waals surface area contributed by atoms with Crippen LogP contribution in [0.3, 0.4) is 0 Å². The van der Waals surface area contributed by atoms with Gasteiger partial charge in [-0.2, -0.15) is 0 Å². The van der Waals surface area contributed by atoms with Crippen LogP contribution in [0.25, 0.3) is 0 Å². The number of para-hydroxylation sites is 1. The van der Waals surface area contributed by atoms with Gasteiger partial charge in [0.2, 0.25) is 0 Å². The predicted octanol–water partition coefficient (Wildman–Crippen LogP) is 3.83. The van der Waals surface area contributed by atoms with E-state index in [1.807, 2.05) is 29.6 Å². The molecule has 4 aromatic rings. The van der Waals surface area contributed by atoms with Gasteiger partial charge in [0.1, 0.15) is 11.9 Å². The molecule has 158 valence electrons. The Labute approximate surface area is 184 Å². The maximum Gasteiger partial charge on any atom is 0.173 e. The van der Waals surface area contributed by atoms with E-state index in [2.05, 4.69) is 55.7 Å². The number of nitrogens with zero attached hydrogens (tertiary/aromatic N) is 6. The molecule has 6 nitrogen and oxygen atoms in total. The quantitative estimate of drug-likeness (QED) is 0.462. The molecule has 3 heterocycles. The second kappa shape index (κ2) is 8.95. The van der Waals surface area contributed by atoms with Crippen LogP contribution in [0.5, 0.6) is 0 Å². The molecule has 0 amide bonds. The van der Waals surface area contributed by atoms with Gasteiger partial charge in [-0.05, 0) is 40.1 Å². The molecule has 0 N–H and O–H groups in total. The summed E-state index contributed by atoms with van der Waals surface area (Å²) in [4.78, 5) is 5.81. The lowest BCUT2D eigenvalue weighted by Crippen LogP contribution is -2.48. The molecule has 2 aromatic carbocycles. The van der Waals surface area contributed by atoms with E-state index < -0.39 is 0 Å². The van der Waals surface area contributed by atoms with Gasteiger partial charge in [0, 0.05) is 42.3 Å². The van der Waals surface area contributed by atoms with Crippen LogP contribution in [-0.4, -0.2) is 51.3 Å². The molecule has 31 heavy (non-hydrogen) atoms. The largest absolute Gasteiger partial charge is 0.369 e. The molecule has 0 radical (unpaired) electrons. The molecular formula is C23H23FN6S. The third-order valence-corrected chi connectivity index (χ3v) is 6.55. The van der Waals surface area contributed by atoms with Crippen LogP contribution in [-0.2, 0) is 6.54 Å². The highest BCUT2D eigenvalue weighted by atomic mass is 32.1. The summed E-state index contributed by atoms with van der Waals surface area (Å²) < 4.78 is 16.7. The standard InChI is InChI=1S/C23H23FN6S/c24-21-11-5-4-10-20(21)22(23-25-26-27-30(23)17-19-9-6-16-31-19)29-14-12-28(13-15-29)18-7-2-1-3-8-18/h1-11,16,22H,12-15,17H2. The minimum atomic E-state index is -0.339. The third kappa shape index (κ3) is 4.22. The minimum absolute atomic E-state index is 0.233. The highest BCUT2D eigenvalue weighted by molar-refractivity contribution is 7.09. The predicted molar refractivity (Wildman–Crippen MR) is 120 cm³/mol. The van der Waals surface area contributed by atoms with E-state index in [1.165, 1.54) is 11.8 Å². The van der Waals surface area contributed by atoms with E-state index in [0.29, 0.717) is 17.9 Å². The lowest BCUT2D eigenvalue weighted by atomic mass is 10.0. The first-order valence-corrected chi connectivity index (χ1v) is 11.2. The number of anilines is 1. The van der Waals surface area contributed by atoms with Crippen molar-refractivity contribution in [1.29, 1.82) is 0 Å². The number of halogens is 1. The molecule has 1 unspecified atom stereocenters. The number of aromatic nitrogens is 4. The maximum absolute atomic E-state index is 14.9. The van der Waals surface area contributed by atoms with Gasteiger partial charge in [-0.25, -0.2) is 9.07 Å². The van der Waals surface area contributed by atoms with Crippen molar-refractivity contribution >= 4 is 17.0 Å². The van der Waals surface area contributed by atoms with Crippen molar-refractivity contribution in [1.82, 2.24) is 25.1 Å². The van der Waals surface area contributed by atoms with Crippen LogP contribution in [0, 0.1) is 5.82 Å². The van der Waals surface area contributed by atoms with Crippen LogP contribution >= 0.6 is 11.3 Å². The topological polar surface area (TPSA) is 50.1 Å². The molecular weight excluding hydrogens is 411 g/mol. The zero-order chi connectivity index (χ0) is 21.0. The summed E-state index contributed by atoms with van der Waals surface area (Å²) in [5.74, 6) is 0.440. The molecule has 0 bridgehead atoms. The Kier molecular flexibility index (Phi) is 5.73. The Morgan fingerprint density at radius 3 is 2.42 bits per heavy atom. The lowest BCUT2D eigenvalue weighted by Gasteiger charge is -2.40. The van der Waals surface area contributed by atoms with Crippen molar-refractivity contribution in [2.75, 3.05) is 31.1 Å². The summed E-state index contributed by atoms with van der Waals surface area (Å²) in [6, 6.07) is 21.1. The Morgan fingerprint density at radius 1 is 0.903 bits per heavy atom. The summed E-state index contributed by atoms with van der Waals surface area (Å²) >= 11 is 1.66. The molecule has 1 aliphatic heterocycles. The van der Waals surface area contributed by atoms with E-state index in [1.54, 1.807) is 22.1 Å². The molecule has 2 aromatic heterocycles. The number of hydrogen-bond donors (Lipinski definition) is 0. The fraction of sp³-hybridized carbons (Fsp3) is 0.261. The normalized spacial score (nSPS) is 15.8. The van der Waals surface area contributed by atoms with Crippen molar-refractivity contribution in [3.63, 3.8) is 0 Å². The third-order valence-electron chi connectivity index (χ3n) is 5.69. The number of rotatable bonds is 6. The number of piperazine rings is 1. The molecule has 1 saturated heterocycles. The Balaban J connectivity index is 1.44. The van der Waals surface area contributed by atoms with Gasteiger partial charge < -0.3 is 4.90 Å². The number of benzene rings is 2. The fourth-order valence-corrected chi connectivity index (χ4v) is 4.83. The molecule has 0 aliphatic carbocycles. The molecule has 5 rings (SSSR count). The Bertz CT molecular complexity index is 1110. The van der Waals surface area contributed by atoms with E-state index in [-0.39, 0.29) is 11.9 Å². The van der Waals surface area contributed by atoms with Gasteiger partial charge in [0.15, 0.2) is 5.82 Å². The minimum Gasteiger partial charge on any atom is -0.369 e. The number of thiophene rings is 1. The van der Waals surface area contributed by atoms with Gasteiger partial charge in [-0.1, -0.05) is 42.5 Å². The lowest BCUT2D eigenvalue weighted by molar-refractivity contribution is 0.198. The van der Waals surface area contributed by atoms with E-state index in [9.17, 15) is 4.39 Å². The average molecular weight is 435 g/mol. The summed E-state index contributed by atoms with van der Waals surface area (Å²) in [6.07, 6.45) is 0. The Hall–Kier alpha value is -3.10. The monoisotopic (exact) mass is 434 g/mol. The van der Waals surface area contributed by atoms with Crippen molar-refractivity contribution in [3.05, 3.63) is 94.2 Å². The van der Waals surface area contributed by atoms with E-state index in [0.717, 1.165) is 31.1 Å². The zero-order valence-electron chi connectivity index (χ0n) is 17.0. The summed E-state index contributed by atoms with van der Waals surface area (Å²) in [5, 5.41) is 14.6. The SMILES string of the molecule is Fc1ccccc1C(c1nnnn1Cc1cccs1)N1CCN(c2ccccc2)CC1. The average Bonchev–Trinajstić information content (AvgIpc) is 3.49. The molecule has 1 aliphatic rings. The second-order valence-electron chi connectivity index (χ2n) is 7.56. The number of hydrogen-bond acceptors (Lipinski definition) is 6. The van der Waals surface area contributed by atoms with E-state index >= 15 is 0 Å². The first-order valence-electron chi connectivity index (χ1n) is 10.4. The fourth-order valence-electron chi connectivity index (χ4n) is 4.14. The van der Waals surface area contributed by atoms with Crippen LogP contribution < -0.4 is 4.90 Å². The van der Waals surface area contributed by atoms with Crippen LogP contribution in [0.4, 0.5) is 10.1 Å². The highest BCUT2D eigenvalue weighted by Crippen LogP contribution is 2.31. The van der Waals surface area contributed by atoms with Gasteiger partial charge in [-0.15, -0.1) is 16.4 Å². The van der Waals surface area contributed by atoms with Gasteiger partial charge in [0.05, 0.1) is 6.54 Å². The van der Waals surface area contributed by atoms with Gasteiger partial charge >= 0.3 is 0 Å². The van der Waals surface area contributed by atoms with Crippen molar-refractivity contribution < 1.29 is 4.39 Å². The van der Waals surface area contributed by atoms with E-state index in [4.69, 9.17) is 0 Å². The first-order chi connectivity index (χ1) is 15.3. The van der Waals surface area contributed by atoms with Crippen molar-refractivity contribution in [2.45, 2.75) is 12.6 Å². The number of tetrazole rings is 1. The smallest absolute Gasteiger partial charge is 0.173 e. The molecule has 0 spiro atoms. The van der Waals surface area contributed by atoms with Crippen molar-refractivity contribution in [2.24, 2.45) is 0 Å². The zero-order valence-corrected chi connectivity index (χ0v) is 17.8. The first kappa shape index (κ1) is 19.8. The summed E-state index contributed by atoms with van der Waals surface area (Å²) in [6.45, 7) is 3.89. The molecule has 1 fully saturated rings. The molecule has 1 atom stereocenters. The van der Waals surface area contributed by atoms with Crippen LogP contribution in [0.1, 0.15) is 22.3 Å². The molecule has 0 saturated carbocycles. The van der Waals surface area contributed by atoms with Crippen LogP contribution in [0.2, 0.25) is 0 Å². The second-order valence-corrected chi connectivity index (χ2v) is 8.59. The molecule has 8 heteroatoms. The Morgan fingerprint density at radius 2 is 1.68 bits per heavy atom. The van der Waals surface area contributed by atoms with Crippen molar-refractivity contribution in [3.8, 4) is 0 Å².